The molecule has 12 unspecified atom stereocenters. The minimum Gasteiger partial charge on any atom is -0.394 e. The van der Waals surface area contributed by atoms with Gasteiger partial charge in [-0.25, -0.2) is 0 Å². The Morgan fingerprint density at radius 2 is 0.943 bits per heavy atom. The molecule has 1 amide bonds. The van der Waals surface area contributed by atoms with Gasteiger partial charge in [0, 0.05) is 6.42 Å². The van der Waals surface area contributed by atoms with Crippen molar-refractivity contribution in [3.63, 3.8) is 0 Å². The van der Waals surface area contributed by atoms with E-state index >= 15 is 0 Å². The molecule has 12 atom stereocenters. The van der Waals surface area contributed by atoms with Gasteiger partial charge in [0.2, 0.25) is 5.91 Å². The van der Waals surface area contributed by atoms with E-state index in [1.165, 1.54) is 109 Å². The zero-order valence-electron chi connectivity index (χ0n) is 43.5. The minimum absolute atomic E-state index is 0.253. The number of hydrogen-bond acceptors (Lipinski definition) is 13. The first-order valence-electron chi connectivity index (χ1n) is 27.9. The van der Waals surface area contributed by atoms with E-state index in [2.05, 4.69) is 55.6 Å². The van der Waals surface area contributed by atoms with Gasteiger partial charge in [-0.15, -0.1) is 0 Å². The van der Waals surface area contributed by atoms with Crippen LogP contribution in [0.3, 0.4) is 0 Å². The lowest BCUT2D eigenvalue weighted by Crippen LogP contribution is -2.65. The van der Waals surface area contributed by atoms with E-state index in [-0.39, 0.29) is 18.9 Å². The summed E-state index contributed by atoms with van der Waals surface area (Å²) in [5, 5.41) is 86.9. The molecule has 2 rings (SSSR count). The molecule has 2 aliphatic heterocycles. The van der Waals surface area contributed by atoms with Gasteiger partial charge < -0.3 is 65.1 Å². The molecular weight excluding hydrogens is 895 g/mol. The van der Waals surface area contributed by atoms with Crippen molar-refractivity contribution in [1.82, 2.24) is 5.32 Å². The van der Waals surface area contributed by atoms with Crippen LogP contribution in [-0.2, 0) is 23.7 Å². The largest absolute Gasteiger partial charge is 0.394 e. The average Bonchev–Trinajstić information content (AvgIpc) is 3.36. The first kappa shape index (κ1) is 64.1. The molecule has 2 saturated heterocycles. The lowest BCUT2D eigenvalue weighted by atomic mass is 9.97. The van der Waals surface area contributed by atoms with Crippen LogP contribution in [0.25, 0.3) is 0 Å². The number of rotatable bonds is 43. The van der Waals surface area contributed by atoms with E-state index in [1.54, 1.807) is 6.08 Å². The van der Waals surface area contributed by atoms with Gasteiger partial charge in [0.1, 0.15) is 48.8 Å². The van der Waals surface area contributed by atoms with Gasteiger partial charge in [0.05, 0.1) is 32.0 Å². The fraction of sp³-hybridized carbons (Fsp3) is 0.839. The molecule has 2 fully saturated rings. The Balaban J connectivity index is 1.81. The van der Waals surface area contributed by atoms with Crippen molar-refractivity contribution in [1.29, 1.82) is 0 Å². The predicted molar refractivity (Wildman–Crippen MR) is 277 cm³/mol. The van der Waals surface area contributed by atoms with E-state index in [0.29, 0.717) is 6.42 Å². The fourth-order valence-electron chi connectivity index (χ4n) is 8.94. The molecule has 408 valence electrons. The van der Waals surface area contributed by atoms with Gasteiger partial charge in [-0.1, -0.05) is 191 Å². The van der Waals surface area contributed by atoms with Crippen LogP contribution in [0.2, 0.25) is 0 Å². The summed E-state index contributed by atoms with van der Waals surface area (Å²) >= 11 is 0. The zero-order chi connectivity index (χ0) is 51.0. The Kier molecular flexibility index (Phi) is 38.7. The monoisotopic (exact) mass is 996 g/mol. The second kappa shape index (κ2) is 42.3. The lowest BCUT2D eigenvalue weighted by molar-refractivity contribution is -0.359. The van der Waals surface area contributed by atoms with Crippen LogP contribution in [0.5, 0.6) is 0 Å². The Morgan fingerprint density at radius 1 is 0.514 bits per heavy atom. The highest BCUT2D eigenvalue weighted by atomic mass is 16.7. The molecule has 0 aromatic heterocycles. The number of aliphatic hydroxyl groups is 8. The summed E-state index contributed by atoms with van der Waals surface area (Å²) in [6.07, 6.45) is 34.2. The summed E-state index contributed by atoms with van der Waals surface area (Å²) in [4.78, 5) is 13.2. The van der Waals surface area contributed by atoms with E-state index in [9.17, 15) is 45.6 Å². The molecule has 0 aliphatic carbocycles. The first-order chi connectivity index (χ1) is 34.1. The van der Waals surface area contributed by atoms with Crippen LogP contribution in [0.4, 0.5) is 0 Å². The summed E-state index contributed by atoms with van der Waals surface area (Å²) in [5.74, 6) is -0.253. The standard InChI is InChI=1S/C56H101NO13/c1-3-5-7-9-11-13-15-17-19-20-21-22-23-24-26-28-30-32-34-36-38-40-48(61)57-44(45(60)39-37-35-33-31-29-27-25-18-16-14-12-10-8-6-4-2)43-67-55-53(66)51(64)54(47(42-59)69-55)70-56-52(65)50(63)49(62)46(41-58)68-56/h15,17,20-21,23-24,37,39,44-47,49-56,58-60,62-66H,3-14,16,18-19,22,25-36,38,40-43H2,1-2H3,(H,57,61)/b17-15-,21-20-,24-23-,39-37+. The van der Waals surface area contributed by atoms with Gasteiger partial charge in [-0.05, 0) is 57.8 Å². The molecular formula is C56H101NO13. The summed E-state index contributed by atoms with van der Waals surface area (Å²) < 4.78 is 22.7. The Hall–Kier alpha value is -2.05. The zero-order valence-corrected chi connectivity index (χ0v) is 43.5. The molecule has 14 heteroatoms. The molecule has 0 radical (unpaired) electrons. The molecule has 14 nitrogen and oxygen atoms in total. The van der Waals surface area contributed by atoms with Crippen molar-refractivity contribution in [2.75, 3.05) is 19.8 Å². The summed E-state index contributed by atoms with van der Waals surface area (Å²) in [7, 11) is 0. The van der Waals surface area contributed by atoms with Crippen molar-refractivity contribution in [2.24, 2.45) is 0 Å². The summed E-state index contributed by atoms with van der Waals surface area (Å²) in [6, 6.07) is -0.922. The van der Waals surface area contributed by atoms with Crippen molar-refractivity contribution < 1.29 is 64.6 Å². The van der Waals surface area contributed by atoms with Gasteiger partial charge in [0.25, 0.3) is 0 Å². The van der Waals surface area contributed by atoms with Crippen LogP contribution in [0.15, 0.2) is 48.6 Å². The second-order valence-electron chi connectivity index (χ2n) is 19.7. The highest BCUT2D eigenvalue weighted by molar-refractivity contribution is 5.76. The van der Waals surface area contributed by atoms with Crippen LogP contribution in [-0.4, -0.2) is 140 Å². The molecule has 0 bridgehead atoms. The molecule has 70 heavy (non-hydrogen) atoms. The molecule has 0 saturated carbocycles. The van der Waals surface area contributed by atoms with Crippen molar-refractivity contribution in [2.45, 2.75) is 280 Å². The first-order valence-corrected chi connectivity index (χ1v) is 27.9. The fourth-order valence-corrected chi connectivity index (χ4v) is 8.94. The van der Waals surface area contributed by atoms with Crippen LogP contribution in [0, 0.1) is 0 Å². The number of hydrogen-bond donors (Lipinski definition) is 9. The third kappa shape index (κ3) is 28.4. The molecule has 0 aromatic carbocycles. The smallest absolute Gasteiger partial charge is 0.220 e. The van der Waals surface area contributed by atoms with Crippen LogP contribution < -0.4 is 5.32 Å². The van der Waals surface area contributed by atoms with Crippen molar-refractivity contribution in [3.05, 3.63) is 48.6 Å². The number of ether oxygens (including phenoxy) is 4. The third-order valence-corrected chi connectivity index (χ3v) is 13.5. The van der Waals surface area contributed by atoms with Gasteiger partial charge in [-0.2, -0.15) is 0 Å². The number of allylic oxidation sites excluding steroid dienone is 7. The van der Waals surface area contributed by atoms with E-state index in [0.717, 1.165) is 70.6 Å². The summed E-state index contributed by atoms with van der Waals surface area (Å²) in [5.41, 5.74) is 0. The maximum atomic E-state index is 13.2. The highest BCUT2D eigenvalue weighted by Gasteiger charge is 2.51. The number of amides is 1. The van der Waals surface area contributed by atoms with Crippen LogP contribution in [0.1, 0.15) is 206 Å². The number of aliphatic hydroxyl groups excluding tert-OH is 8. The number of carbonyl (C=O) groups excluding carboxylic acids is 1. The number of nitrogens with one attached hydrogen (secondary N) is 1. The molecule has 2 heterocycles. The van der Waals surface area contributed by atoms with Gasteiger partial charge in [0.15, 0.2) is 12.6 Å². The van der Waals surface area contributed by atoms with Crippen LogP contribution >= 0.6 is 0 Å². The average molecular weight is 996 g/mol. The normalized spacial score (nSPS) is 26.3. The summed E-state index contributed by atoms with van der Waals surface area (Å²) in [6.45, 7) is 2.77. The predicted octanol–water partition coefficient (Wildman–Crippen LogP) is 8.44. The van der Waals surface area contributed by atoms with Crippen molar-refractivity contribution in [3.8, 4) is 0 Å². The molecule has 9 N–H and O–H groups in total. The van der Waals surface area contributed by atoms with Crippen molar-refractivity contribution >= 4 is 5.91 Å². The highest BCUT2D eigenvalue weighted by Crippen LogP contribution is 2.30. The van der Waals surface area contributed by atoms with E-state index < -0.39 is 86.8 Å². The SMILES string of the molecule is CCCCCCC/C=C\C/C=C\C/C=C\CCCCCCCCC(=O)NC(COC1OC(CO)C(OC2OC(CO)C(O)C(O)C2O)C(O)C1O)C(O)/C=C/CCCCCCCCCCCCCCC. The molecule has 0 spiro atoms. The lowest BCUT2D eigenvalue weighted by Gasteiger charge is -2.46. The third-order valence-electron chi connectivity index (χ3n) is 13.5. The van der Waals surface area contributed by atoms with E-state index in [4.69, 9.17) is 18.9 Å². The quantitative estimate of drug-likeness (QED) is 0.0207. The minimum atomic E-state index is -1.79. The Bertz CT molecular complexity index is 1360. The second-order valence-corrected chi connectivity index (χ2v) is 19.7. The molecule has 2 aliphatic rings. The van der Waals surface area contributed by atoms with Gasteiger partial charge in [-0.3, -0.25) is 4.79 Å². The number of carbonyl (C=O) groups is 1. The van der Waals surface area contributed by atoms with Gasteiger partial charge >= 0.3 is 0 Å². The Morgan fingerprint density at radius 3 is 1.44 bits per heavy atom. The van der Waals surface area contributed by atoms with E-state index in [1.807, 2.05) is 6.08 Å². The maximum Gasteiger partial charge on any atom is 0.220 e. The number of unbranched alkanes of at least 4 members (excludes halogenated alkanes) is 24. The Labute approximate surface area is 423 Å². The maximum absolute atomic E-state index is 13.2. The topological polar surface area (TPSA) is 228 Å². The molecule has 0 aromatic rings.